The number of hydrogen-bond acceptors (Lipinski definition) is 0. The van der Waals surface area contributed by atoms with Gasteiger partial charge in [-0.15, -0.1) is 6.20 Å². The normalized spacial score (nSPS) is 4.00. The van der Waals surface area contributed by atoms with Gasteiger partial charge in [-0.05, 0) is 0 Å². The molecule has 0 saturated heterocycles. The standard InChI is InChI=1S/C4H4N.2CH3.2ClH.Zr/c1-2-4-5-3-1;;;;;/h1-3,5H;2*1H3;2*1H;/q3*-1;;;+2/p-2. The molecule has 0 bridgehead atoms. The number of nitrogens with one attached hydrogen (secondary N) is 1. The van der Waals surface area contributed by atoms with Crippen molar-refractivity contribution in [1.82, 2.24) is 4.98 Å². The SMILES string of the molecule is [CH3-].[CH3-].[Cl-].[Cl-].[Zr+2].[c-]1ccc[nH]1. The van der Waals surface area contributed by atoms with Gasteiger partial charge in [-0.25, -0.2) is 0 Å². The quantitative estimate of drug-likeness (QED) is 0.454. The Hall–Kier alpha value is 0.743. The molecule has 0 radical (unpaired) electrons. The molecule has 1 aromatic heterocycles. The first kappa shape index (κ1) is 30.9. The van der Waals surface area contributed by atoms with E-state index in [1.807, 2.05) is 18.3 Å². The van der Waals surface area contributed by atoms with Gasteiger partial charge in [-0.2, -0.15) is 18.3 Å². The van der Waals surface area contributed by atoms with Crippen LogP contribution >= 0.6 is 0 Å². The van der Waals surface area contributed by atoms with Crippen molar-refractivity contribution < 1.29 is 51.0 Å². The molecule has 0 saturated carbocycles. The molecule has 0 aromatic carbocycles. The largest absolute Gasteiger partial charge is 2.00 e. The molecule has 10 heavy (non-hydrogen) atoms. The molecule has 1 nitrogen and oxygen atoms in total. The first-order chi connectivity index (χ1) is 2.50. The fourth-order valence-corrected chi connectivity index (χ4v) is 0.241. The summed E-state index contributed by atoms with van der Waals surface area (Å²) in [5.41, 5.74) is 0. The second kappa shape index (κ2) is 22.6. The van der Waals surface area contributed by atoms with E-state index >= 15 is 0 Å². The number of halogens is 2. The van der Waals surface area contributed by atoms with Crippen molar-refractivity contribution in [3.8, 4) is 0 Å². The van der Waals surface area contributed by atoms with E-state index in [1.54, 1.807) is 0 Å². The summed E-state index contributed by atoms with van der Waals surface area (Å²) < 4.78 is 0. The first-order valence-corrected chi connectivity index (χ1v) is 1.49. The molecule has 4 heteroatoms. The van der Waals surface area contributed by atoms with Gasteiger partial charge in [-0.1, -0.05) is 0 Å². The van der Waals surface area contributed by atoms with Gasteiger partial charge in [0, 0.05) is 0 Å². The van der Waals surface area contributed by atoms with Gasteiger partial charge in [0.05, 0.1) is 0 Å². The van der Waals surface area contributed by atoms with Gasteiger partial charge in [0.25, 0.3) is 0 Å². The summed E-state index contributed by atoms with van der Waals surface area (Å²) in [4.78, 5) is 2.74. The zero-order valence-corrected chi connectivity index (χ0v) is 9.96. The maximum atomic E-state index is 2.74. The zero-order valence-electron chi connectivity index (χ0n) is 5.99. The summed E-state index contributed by atoms with van der Waals surface area (Å²) in [6, 6.07) is 3.71. The predicted octanol–water partition coefficient (Wildman–Crippen LogP) is -4.28. The Labute approximate surface area is 94.9 Å². The molecule has 0 aliphatic heterocycles. The van der Waals surface area contributed by atoms with Crippen LogP contribution in [0.15, 0.2) is 18.3 Å². The number of rotatable bonds is 0. The topological polar surface area (TPSA) is 15.8 Å². The number of H-pyrrole nitrogens is 1. The maximum Gasteiger partial charge on any atom is 2.00 e. The Morgan fingerprint density at radius 1 is 1.10 bits per heavy atom. The van der Waals surface area contributed by atoms with Crippen LogP contribution < -0.4 is 24.8 Å². The van der Waals surface area contributed by atoms with Crippen molar-refractivity contribution in [3.63, 3.8) is 0 Å². The van der Waals surface area contributed by atoms with Crippen molar-refractivity contribution in [2.75, 3.05) is 0 Å². The number of aromatic amines is 1. The summed E-state index contributed by atoms with van der Waals surface area (Å²) in [5, 5.41) is 0. The third-order valence-electron chi connectivity index (χ3n) is 0.442. The average molecular weight is 258 g/mol. The monoisotopic (exact) mass is 256 g/mol. The van der Waals surface area contributed by atoms with E-state index in [4.69, 9.17) is 0 Å². The molecular formula is C6H10Cl2NZr-3. The molecule has 1 rings (SSSR count). The molecule has 0 atom stereocenters. The van der Waals surface area contributed by atoms with Crippen molar-refractivity contribution in [1.29, 1.82) is 0 Å². The van der Waals surface area contributed by atoms with Gasteiger partial charge in [-0.3, -0.25) is 0 Å². The molecule has 0 amide bonds. The van der Waals surface area contributed by atoms with E-state index in [-0.39, 0.29) is 65.9 Å². The summed E-state index contributed by atoms with van der Waals surface area (Å²) in [7, 11) is 0. The molecule has 1 heterocycles. The minimum absolute atomic E-state index is 0. The van der Waals surface area contributed by atoms with Crippen LogP contribution in [0.3, 0.4) is 0 Å². The second-order valence-corrected chi connectivity index (χ2v) is 0.814. The summed E-state index contributed by atoms with van der Waals surface area (Å²) in [6.07, 6.45) is 4.56. The van der Waals surface area contributed by atoms with Crippen molar-refractivity contribution >= 4 is 0 Å². The molecule has 0 aliphatic carbocycles. The fourth-order valence-electron chi connectivity index (χ4n) is 0.241. The number of hydrogen-bond donors (Lipinski definition) is 1. The number of aromatic nitrogens is 1. The van der Waals surface area contributed by atoms with Gasteiger partial charge >= 0.3 is 26.2 Å². The smallest absolute Gasteiger partial charge is 1.00 e. The molecule has 0 spiro atoms. The minimum Gasteiger partial charge on any atom is -1.00 e. The second-order valence-electron chi connectivity index (χ2n) is 0.814. The Morgan fingerprint density at radius 3 is 1.70 bits per heavy atom. The van der Waals surface area contributed by atoms with Crippen LogP contribution in [0.4, 0.5) is 0 Å². The van der Waals surface area contributed by atoms with Gasteiger partial charge in [0.15, 0.2) is 0 Å². The third-order valence-corrected chi connectivity index (χ3v) is 0.442. The maximum absolute atomic E-state index is 2.74. The molecular weight excluding hydrogens is 248 g/mol. The van der Waals surface area contributed by atoms with E-state index in [9.17, 15) is 0 Å². The van der Waals surface area contributed by atoms with Gasteiger partial charge in [0.2, 0.25) is 0 Å². The molecule has 0 fully saturated rings. The Kier molecular flexibility index (Phi) is 69.8. The Bertz CT molecular complexity index is 72.2. The van der Waals surface area contributed by atoms with Crippen LogP contribution in [0, 0.1) is 21.1 Å². The summed E-state index contributed by atoms with van der Waals surface area (Å²) in [6.45, 7) is 0. The van der Waals surface area contributed by atoms with E-state index < -0.39 is 0 Å². The van der Waals surface area contributed by atoms with Crippen molar-refractivity contribution in [2.45, 2.75) is 0 Å². The van der Waals surface area contributed by atoms with E-state index in [0.29, 0.717) is 0 Å². The van der Waals surface area contributed by atoms with Crippen LogP contribution in [0.5, 0.6) is 0 Å². The van der Waals surface area contributed by atoms with Crippen molar-refractivity contribution in [2.24, 2.45) is 0 Å². The molecule has 0 aliphatic rings. The van der Waals surface area contributed by atoms with Crippen LogP contribution in [0.25, 0.3) is 0 Å². The van der Waals surface area contributed by atoms with Crippen molar-refractivity contribution in [3.05, 3.63) is 39.4 Å². The molecule has 0 unspecified atom stereocenters. The third kappa shape index (κ3) is 15.9. The van der Waals surface area contributed by atoms with E-state index in [2.05, 4.69) is 11.2 Å². The van der Waals surface area contributed by atoms with Gasteiger partial charge in [0.1, 0.15) is 0 Å². The van der Waals surface area contributed by atoms with Gasteiger partial charge < -0.3 is 44.7 Å². The fraction of sp³-hybridized carbons (Fsp3) is 0. The Balaban J connectivity index is -0.0000000167. The van der Waals surface area contributed by atoms with Crippen LogP contribution in [0.2, 0.25) is 0 Å². The van der Waals surface area contributed by atoms with Crippen LogP contribution in [0.1, 0.15) is 0 Å². The molecule has 60 valence electrons. The predicted molar refractivity (Wildman–Crippen MR) is 32.5 cm³/mol. The average Bonchev–Trinajstić information content (AvgIpc) is 1.76. The summed E-state index contributed by atoms with van der Waals surface area (Å²) in [5.74, 6) is 0. The van der Waals surface area contributed by atoms with Crippen LogP contribution in [-0.4, -0.2) is 4.98 Å². The van der Waals surface area contributed by atoms with Crippen LogP contribution in [-0.2, 0) is 26.2 Å². The Morgan fingerprint density at radius 2 is 1.60 bits per heavy atom. The zero-order chi connectivity index (χ0) is 3.54. The molecule has 1 aromatic rings. The first-order valence-electron chi connectivity index (χ1n) is 1.49. The van der Waals surface area contributed by atoms with E-state index in [1.165, 1.54) is 0 Å². The van der Waals surface area contributed by atoms with E-state index in [0.717, 1.165) is 0 Å². The summed E-state index contributed by atoms with van der Waals surface area (Å²) >= 11 is 0. The minimum atomic E-state index is 0. The molecule has 1 N–H and O–H groups in total.